The van der Waals surface area contributed by atoms with Gasteiger partial charge in [-0.2, -0.15) is 0 Å². The van der Waals surface area contributed by atoms with Crippen LogP contribution >= 0.6 is 22.9 Å². The first-order valence-corrected chi connectivity index (χ1v) is 8.03. The topological polar surface area (TPSA) is 15.3 Å². The van der Waals surface area contributed by atoms with Crippen molar-refractivity contribution in [1.82, 2.24) is 10.2 Å². The summed E-state index contributed by atoms with van der Waals surface area (Å²) in [6.45, 7) is 5.63. The van der Waals surface area contributed by atoms with Gasteiger partial charge in [0.25, 0.3) is 0 Å². The lowest BCUT2D eigenvalue weighted by atomic mass is 9.90. The lowest BCUT2D eigenvalue weighted by Crippen LogP contribution is -2.44. The fourth-order valence-corrected chi connectivity index (χ4v) is 3.92. The van der Waals surface area contributed by atoms with Crippen LogP contribution in [0.1, 0.15) is 31.1 Å². The molecule has 1 aromatic rings. The van der Waals surface area contributed by atoms with E-state index in [9.17, 15) is 0 Å². The minimum Gasteiger partial charge on any atom is -0.313 e. The van der Waals surface area contributed by atoms with Crippen molar-refractivity contribution in [3.63, 3.8) is 0 Å². The molecule has 4 heteroatoms. The summed E-state index contributed by atoms with van der Waals surface area (Å²) in [6.07, 6.45) is 3.99. The average molecular weight is 287 g/mol. The summed E-state index contributed by atoms with van der Waals surface area (Å²) in [6, 6.07) is 4.78. The van der Waals surface area contributed by atoms with Gasteiger partial charge in [0.15, 0.2) is 0 Å². The Balaban J connectivity index is 1.78. The van der Waals surface area contributed by atoms with Gasteiger partial charge in [0.2, 0.25) is 0 Å². The Hall–Kier alpha value is -0.0900. The fraction of sp³-hybridized carbons (Fsp3) is 0.714. The van der Waals surface area contributed by atoms with Crippen LogP contribution in [0.4, 0.5) is 0 Å². The van der Waals surface area contributed by atoms with Crippen LogP contribution in [-0.2, 0) is 6.54 Å². The standard InChI is InChI=1S/C14H23ClN2S/c1-3-11-6-7-16-12(8-11)9-17(2)10-13-4-5-14(15)18-13/h4-5,11-12,16H,3,6-10H2,1-2H3. The van der Waals surface area contributed by atoms with E-state index in [1.807, 2.05) is 6.07 Å². The van der Waals surface area contributed by atoms with E-state index in [1.165, 1.54) is 30.7 Å². The molecule has 2 nitrogen and oxygen atoms in total. The first-order chi connectivity index (χ1) is 8.67. The lowest BCUT2D eigenvalue weighted by Gasteiger charge is -2.32. The van der Waals surface area contributed by atoms with Crippen molar-refractivity contribution in [2.75, 3.05) is 20.1 Å². The van der Waals surface area contributed by atoms with E-state index in [-0.39, 0.29) is 0 Å². The van der Waals surface area contributed by atoms with Gasteiger partial charge in [0, 0.05) is 24.0 Å². The average Bonchev–Trinajstić information content (AvgIpc) is 2.74. The molecule has 0 bridgehead atoms. The molecule has 1 aliphatic rings. The summed E-state index contributed by atoms with van der Waals surface area (Å²) >= 11 is 7.65. The van der Waals surface area contributed by atoms with Crippen LogP contribution in [0.5, 0.6) is 0 Å². The van der Waals surface area contributed by atoms with Crippen molar-refractivity contribution in [3.05, 3.63) is 21.3 Å². The third kappa shape index (κ3) is 4.23. The molecular weight excluding hydrogens is 264 g/mol. The molecule has 1 aliphatic heterocycles. The summed E-state index contributed by atoms with van der Waals surface area (Å²) in [5, 5.41) is 3.64. The van der Waals surface area contributed by atoms with Gasteiger partial charge in [-0.25, -0.2) is 0 Å². The maximum Gasteiger partial charge on any atom is 0.0931 e. The van der Waals surface area contributed by atoms with Gasteiger partial charge >= 0.3 is 0 Å². The van der Waals surface area contributed by atoms with Crippen molar-refractivity contribution in [3.8, 4) is 0 Å². The molecule has 0 aromatic carbocycles. The lowest BCUT2D eigenvalue weighted by molar-refractivity contribution is 0.221. The van der Waals surface area contributed by atoms with Crippen molar-refractivity contribution in [1.29, 1.82) is 0 Å². The number of nitrogens with zero attached hydrogens (tertiary/aromatic N) is 1. The van der Waals surface area contributed by atoms with Gasteiger partial charge in [-0.15, -0.1) is 11.3 Å². The summed E-state index contributed by atoms with van der Waals surface area (Å²) in [4.78, 5) is 3.75. The third-order valence-electron chi connectivity index (χ3n) is 3.77. The highest BCUT2D eigenvalue weighted by atomic mass is 35.5. The Morgan fingerprint density at radius 3 is 3.00 bits per heavy atom. The van der Waals surface area contributed by atoms with Gasteiger partial charge in [-0.1, -0.05) is 24.9 Å². The van der Waals surface area contributed by atoms with Gasteiger partial charge in [0.1, 0.15) is 0 Å². The van der Waals surface area contributed by atoms with Crippen molar-refractivity contribution in [2.45, 2.75) is 38.8 Å². The molecule has 1 aromatic heterocycles. The molecule has 0 radical (unpaired) electrons. The van der Waals surface area contributed by atoms with Gasteiger partial charge in [0.05, 0.1) is 4.34 Å². The molecule has 102 valence electrons. The van der Waals surface area contributed by atoms with Gasteiger partial charge < -0.3 is 5.32 Å². The predicted molar refractivity (Wildman–Crippen MR) is 80.5 cm³/mol. The maximum atomic E-state index is 5.96. The van der Waals surface area contributed by atoms with E-state index in [0.717, 1.165) is 23.3 Å². The molecule has 0 spiro atoms. The van der Waals surface area contributed by atoms with Crippen LogP contribution < -0.4 is 5.32 Å². The second kappa shape index (κ2) is 6.90. The Morgan fingerprint density at radius 2 is 2.33 bits per heavy atom. The van der Waals surface area contributed by atoms with Gasteiger partial charge in [-0.05, 0) is 44.5 Å². The van der Waals surface area contributed by atoms with Crippen LogP contribution in [0, 0.1) is 5.92 Å². The van der Waals surface area contributed by atoms with E-state index >= 15 is 0 Å². The first-order valence-electron chi connectivity index (χ1n) is 6.83. The number of hydrogen-bond acceptors (Lipinski definition) is 3. The van der Waals surface area contributed by atoms with E-state index in [0.29, 0.717) is 6.04 Å². The molecule has 1 N–H and O–H groups in total. The predicted octanol–water partition coefficient (Wildman–Crippen LogP) is 3.61. The molecule has 2 unspecified atom stereocenters. The normalized spacial score (nSPS) is 24.7. The quantitative estimate of drug-likeness (QED) is 0.889. The summed E-state index contributed by atoms with van der Waals surface area (Å²) in [5.41, 5.74) is 0. The molecule has 0 saturated carbocycles. The zero-order valence-electron chi connectivity index (χ0n) is 11.3. The Kier molecular flexibility index (Phi) is 5.49. The highest BCUT2D eigenvalue weighted by Gasteiger charge is 2.21. The Bertz CT molecular complexity index is 366. The summed E-state index contributed by atoms with van der Waals surface area (Å²) < 4.78 is 0.889. The fourth-order valence-electron chi connectivity index (χ4n) is 2.75. The molecule has 18 heavy (non-hydrogen) atoms. The first kappa shape index (κ1) is 14.3. The molecular formula is C14H23ClN2S. The third-order valence-corrected chi connectivity index (χ3v) is 4.98. The highest BCUT2D eigenvalue weighted by molar-refractivity contribution is 7.16. The zero-order chi connectivity index (χ0) is 13.0. The second-order valence-electron chi connectivity index (χ2n) is 5.35. The van der Waals surface area contributed by atoms with Crippen LogP contribution in [0.2, 0.25) is 4.34 Å². The molecule has 2 heterocycles. The van der Waals surface area contributed by atoms with E-state index in [4.69, 9.17) is 11.6 Å². The van der Waals surface area contributed by atoms with Crippen LogP contribution in [-0.4, -0.2) is 31.1 Å². The number of hydrogen-bond donors (Lipinski definition) is 1. The molecule has 2 atom stereocenters. The summed E-state index contributed by atoms with van der Waals surface area (Å²) in [7, 11) is 2.20. The molecule has 1 saturated heterocycles. The highest BCUT2D eigenvalue weighted by Crippen LogP contribution is 2.23. The number of likely N-dealkylation sites (N-methyl/N-ethyl adjacent to an activating group) is 1. The van der Waals surface area contributed by atoms with Gasteiger partial charge in [-0.3, -0.25) is 4.90 Å². The Labute approximate surface area is 119 Å². The maximum absolute atomic E-state index is 5.96. The molecule has 0 aliphatic carbocycles. The van der Waals surface area contributed by atoms with Crippen LogP contribution in [0.3, 0.4) is 0 Å². The van der Waals surface area contributed by atoms with E-state index < -0.39 is 0 Å². The largest absolute Gasteiger partial charge is 0.313 e. The number of halogens is 1. The molecule has 0 amide bonds. The van der Waals surface area contributed by atoms with Crippen molar-refractivity contribution >= 4 is 22.9 Å². The zero-order valence-corrected chi connectivity index (χ0v) is 12.9. The molecule has 1 fully saturated rings. The second-order valence-corrected chi connectivity index (χ2v) is 7.15. The van der Waals surface area contributed by atoms with E-state index in [2.05, 4.69) is 30.3 Å². The number of piperidine rings is 1. The SMILES string of the molecule is CCC1CCNC(CN(C)Cc2ccc(Cl)s2)C1. The summed E-state index contributed by atoms with van der Waals surface area (Å²) in [5.74, 6) is 0.917. The number of thiophene rings is 1. The van der Waals surface area contributed by atoms with Crippen LogP contribution in [0.15, 0.2) is 12.1 Å². The van der Waals surface area contributed by atoms with Crippen LogP contribution in [0.25, 0.3) is 0 Å². The monoisotopic (exact) mass is 286 g/mol. The molecule has 2 rings (SSSR count). The Morgan fingerprint density at radius 1 is 1.50 bits per heavy atom. The number of rotatable bonds is 5. The smallest absolute Gasteiger partial charge is 0.0931 e. The van der Waals surface area contributed by atoms with Crippen molar-refractivity contribution < 1.29 is 0 Å². The minimum absolute atomic E-state index is 0.657. The number of nitrogens with one attached hydrogen (secondary N) is 1. The van der Waals surface area contributed by atoms with E-state index in [1.54, 1.807) is 11.3 Å². The minimum atomic E-state index is 0.657. The van der Waals surface area contributed by atoms with Crippen molar-refractivity contribution in [2.24, 2.45) is 5.92 Å².